The summed E-state index contributed by atoms with van der Waals surface area (Å²) < 4.78 is 15.6. The number of aliphatic hydroxyl groups excluding tert-OH is 1. The third-order valence-electron chi connectivity index (χ3n) is 6.45. The van der Waals surface area contributed by atoms with Crippen LogP contribution in [0.3, 0.4) is 0 Å². The Bertz CT molecular complexity index is 1260. The summed E-state index contributed by atoms with van der Waals surface area (Å²) in [5.74, 6) is 0.287. The van der Waals surface area contributed by atoms with E-state index in [0.717, 1.165) is 16.9 Å². The number of benzene rings is 3. The number of ketones is 1. The van der Waals surface area contributed by atoms with Crippen LogP contribution in [-0.2, 0) is 22.4 Å². The molecule has 0 aliphatic rings. The molecule has 40 heavy (non-hydrogen) atoms. The Hall–Kier alpha value is -4.37. The minimum absolute atomic E-state index is 0.0857. The third-order valence-corrected chi connectivity index (χ3v) is 6.45. The largest absolute Gasteiger partial charge is 0.497 e. The van der Waals surface area contributed by atoms with Crippen molar-refractivity contribution >= 4 is 17.6 Å². The number of rotatable bonds is 15. The number of aliphatic hydroxyl groups is 1. The number of nitrogens with one attached hydrogen (secondary N) is 2. The average molecular weight is 549 g/mol. The van der Waals surface area contributed by atoms with E-state index in [2.05, 4.69) is 10.6 Å². The highest BCUT2D eigenvalue weighted by atomic mass is 16.5. The summed E-state index contributed by atoms with van der Waals surface area (Å²) in [6, 6.07) is 20.7. The fraction of sp³-hybridized carbons (Fsp3) is 0.323. The summed E-state index contributed by atoms with van der Waals surface area (Å²) in [6.45, 7) is 0.311. The molecule has 9 heteroatoms. The Morgan fingerprint density at radius 2 is 1.48 bits per heavy atom. The van der Waals surface area contributed by atoms with E-state index >= 15 is 0 Å². The van der Waals surface area contributed by atoms with Crippen molar-refractivity contribution in [3.8, 4) is 17.2 Å². The molecule has 0 bridgehead atoms. The van der Waals surface area contributed by atoms with Crippen LogP contribution in [0.1, 0.15) is 34.3 Å². The van der Waals surface area contributed by atoms with Gasteiger partial charge in [0.15, 0.2) is 11.9 Å². The van der Waals surface area contributed by atoms with Crippen molar-refractivity contribution in [2.45, 2.75) is 37.8 Å². The molecule has 3 aromatic carbocycles. The molecule has 0 aliphatic heterocycles. The number of methoxy groups -OCH3 is 3. The second-order valence-electron chi connectivity index (χ2n) is 9.19. The molecular weight excluding hydrogens is 512 g/mol. The van der Waals surface area contributed by atoms with Gasteiger partial charge in [-0.15, -0.1) is 0 Å². The minimum Gasteiger partial charge on any atom is -0.497 e. The third kappa shape index (κ3) is 8.84. The average Bonchev–Trinajstić information content (AvgIpc) is 2.99. The van der Waals surface area contributed by atoms with E-state index in [-0.39, 0.29) is 25.0 Å². The molecular formula is C31H36N2O7. The molecule has 0 fully saturated rings. The molecule has 0 heterocycles. The summed E-state index contributed by atoms with van der Waals surface area (Å²) in [7, 11) is 4.55. The zero-order chi connectivity index (χ0) is 28.9. The lowest BCUT2D eigenvalue weighted by molar-refractivity contribution is -0.132. The van der Waals surface area contributed by atoms with Crippen molar-refractivity contribution in [2.24, 2.45) is 0 Å². The molecule has 0 aliphatic carbocycles. The van der Waals surface area contributed by atoms with Gasteiger partial charge in [0.2, 0.25) is 5.91 Å². The quantitative estimate of drug-likeness (QED) is 0.249. The fourth-order valence-corrected chi connectivity index (χ4v) is 4.19. The van der Waals surface area contributed by atoms with Gasteiger partial charge in [0.25, 0.3) is 5.91 Å². The number of carbonyl (C=O) groups is 3. The number of ether oxygens (including phenoxy) is 3. The second-order valence-corrected chi connectivity index (χ2v) is 9.19. The maximum Gasteiger partial charge on any atom is 0.251 e. The molecule has 3 aromatic rings. The molecule has 2 amide bonds. The van der Waals surface area contributed by atoms with Crippen LogP contribution in [0.5, 0.6) is 17.2 Å². The topological polar surface area (TPSA) is 123 Å². The maximum atomic E-state index is 12.9. The molecule has 3 rings (SSSR count). The number of hydrogen-bond donors (Lipinski definition) is 3. The highest BCUT2D eigenvalue weighted by molar-refractivity contribution is 6.00. The van der Waals surface area contributed by atoms with Gasteiger partial charge in [-0.1, -0.05) is 42.5 Å². The highest BCUT2D eigenvalue weighted by Crippen LogP contribution is 2.25. The fourth-order valence-electron chi connectivity index (χ4n) is 4.19. The summed E-state index contributed by atoms with van der Waals surface area (Å²) >= 11 is 0. The van der Waals surface area contributed by atoms with Gasteiger partial charge >= 0.3 is 0 Å². The van der Waals surface area contributed by atoms with Crippen LogP contribution in [-0.4, -0.2) is 62.7 Å². The zero-order valence-electron chi connectivity index (χ0n) is 23.0. The van der Waals surface area contributed by atoms with Gasteiger partial charge in [-0.3, -0.25) is 14.4 Å². The summed E-state index contributed by atoms with van der Waals surface area (Å²) in [5.41, 5.74) is 2.16. The lowest BCUT2D eigenvalue weighted by Crippen LogP contribution is -2.52. The summed E-state index contributed by atoms with van der Waals surface area (Å²) in [4.78, 5) is 38.5. The first-order chi connectivity index (χ1) is 19.3. The minimum atomic E-state index is -1.49. The van der Waals surface area contributed by atoms with E-state index in [0.29, 0.717) is 30.0 Å². The Morgan fingerprint density at radius 3 is 2.12 bits per heavy atom. The Balaban J connectivity index is 1.61. The summed E-state index contributed by atoms with van der Waals surface area (Å²) in [6.07, 6.45) is -0.909. The van der Waals surface area contributed by atoms with Crippen LogP contribution in [0.2, 0.25) is 0 Å². The van der Waals surface area contributed by atoms with Gasteiger partial charge in [0.05, 0.1) is 32.9 Å². The van der Waals surface area contributed by atoms with E-state index in [1.54, 1.807) is 25.3 Å². The second kappa shape index (κ2) is 15.3. The SMILES string of the molecule is COc1ccc(CCNC(=O)[C@H](O)[C@H](Cc2ccccc2)NC(=O)CCC(=O)c2cc(OC)ccc2OC)cc1. The van der Waals surface area contributed by atoms with Gasteiger partial charge < -0.3 is 30.0 Å². The van der Waals surface area contributed by atoms with E-state index in [1.165, 1.54) is 14.2 Å². The van der Waals surface area contributed by atoms with Gasteiger partial charge in [0, 0.05) is 19.4 Å². The monoisotopic (exact) mass is 548 g/mol. The van der Waals surface area contributed by atoms with E-state index < -0.39 is 24.0 Å². The Morgan fingerprint density at radius 1 is 0.800 bits per heavy atom. The van der Waals surface area contributed by atoms with Crippen molar-refractivity contribution in [1.82, 2.24) is 10.6 Å². The first kappa shape index (κ1) is 30.2. The number of amides is 2. The first-order valence-electron chi connectivity index (χ1n) is 13.0. The molecule has 0 radical (unpaired) electrons. The van der Waals surface area contributed by atoms with E-state index in [1.807, 2.05) is 54.6 Å². The smallest absolute Gasteiger partial charge is 0.251 e. The van der Waals surface area contributed by atoms with Crippen molar-refractivity contribution in [3.63, 3.8) is 0 Å². The molecule has 0 saturated heterocycles. The lowest BCUT2D eigenvalue weighted by atomic mass is 9.99. The van der Waals surface area contributed by atoms with E-state index in [4.69, 9.17) is 14.2 Å². The lowest BCUT2D eigenvalue weighted by Gasteiger charge is -2.24. The Kier molecular flexibility index (Phi) is 11.5. The highest BCUT2D eigenvalue weighted by Gasteiger charge is 2.28. The van der Waals surface area contributed by atoms with Crippen LogP contribution >= 0.6 is 0 Å². The molecule has 0 aromatic heterocycles. The van der Waals surface area contributed by atoms with Crippen LogP contribution in [0.4, 0.5) is 0 Å². The number of carbonyl (C=O) groups excluding carboxylic acids is 3. The van der Waals surface area contributed by atoms with Crippen LogP contribution in [0, 0.1) is 0 Å². The van der Waals surface area contributed by atoms with Crippen LogP contribution in [0.25, 0.3) is 0 Å². The molecule has 0 unspecified atom stereocenters. The van der Waals surface area contributed by atoms with Crippen molar-refractivity contribution in [3.05, 3.63) is 89.5 Å². The van der Waals surface area contributed by atoms with E-state index in [9.17, 15) is 19.5 Å². The predicted octanol–water partition coefficient (Wildman–Crippen LogP) is 3.12. The van der Waals surface area contributed by atoms with Gasteiger partial charge in [-0.25, -0.2) is 0 Å². The Labute approximate surface area is 234 Å². The van der Waals surface area contributed by atoms with Crippen molar-refractivity contribution in [1.29, 1.82) is 0 Å². The molecule has 9 nitrogen and oxygen atoms in total. The molecule has 212 valence electrons. The predicted molar refractivity (Wildman–Crippen MR) is 151 cm³/mol. The van der Waals surface area contributed by atoms with Gasteiger partial charge in [-0.05, 0) is 54.3 Å². The maximum absolute atomic E-state index is 12.9. The number of Topliss-reactive ketones (excluding diaryl/α,β-unsaturated/α-hetero) is 1. The van der Waals surface area contributed by atoms with Crippen molar-refractivity contribution in [2.75, 3.05) is 27.9 Å². The summed E-state index contributed by atoms with van der Waals surface area (Å²) in [5, 5.41) is 16.4. The van der Waals surface area contributed by atoms with Crippen LogP contribution in [0.15, 0.2) is 72.8 Å². The van der Waals surface area contributed by atoms with Crippen LogP contribution < -0.4 is 24.8 Å². The zero-order valence-corrected chi connectivity index (χ0v) is 23.0. The van der Waals surface area contributed by atoms with Crippen molar-refractivity contribution < 1.29 is 33.7 Å². The van der Waals surface area contributed by atoms with Gasteiger partial charge in [-0.2, -0.15) is 0 Å². The first-order valence-corrected chi connectivity index (χ1v) is 13.0. The molecule has 3 N–H and O–H groups in total. The number of hydrogen-bond acceptors (Lipinski definition) is 7. The standard InChI is InChI=1S/C31H36N2O7/c1-38-23-11-9-21(10-12-23)17-18-32-31(37)30(36)26(19-22-7-5-4-6-8-22)33-29(35)16-14-27(34)25-20-24(39-2)13-15-28(25)40-3/h4-13,15,20,26,30,36H,14,16-19H2,1-3H3,(H,32,37)(H,33,35)/t26-,30+/m0/s1. The molecule has 0 saturated carbocycles. The molecule has 0 spiro atoms. The molecule has 2 atom stereocenters. The van der Waals surface area contributed by atoms with Gasteiger partial charge in [0.1, 0.15) is 17.2 Å². The normalized spacial score (nSPS) is 12.1.